The van der Waals surface area contributed by atoms with Crippen LogP contribution in [0.5, 0.6) is 11.5 Å². The van der Waals surface area contributed by atoms with Crippen LogP contribution in [0.15, 0.2) is 12.1 Å². The number of carbonyl (C=O) groups is 1. The second-order valence-electron chi connectivity index (χ2n) is 4.92. The Morgan fingerprint density at radius 2 is 1.65 bits per heavy atom. The molecule has 0 radical (unpaired) electrons. The van der Waals surface area contributed by atoms with E-state index in [0.717, 1.165) is 27.0 Å². The molecule has 0 heterocycles. The number of aryl methyl sites for hydroxylation is 1. The topological polar surface area (TPSA) is 35.5 Å². The van der Waals surface area contributed by atoms with E-state index in [1.165, 1.54) is 12.8 Å². The molecule has 1 aromatic rings. The number of hydrogen-bond acceptors (Lipinski definition) is 3. The van der Waals surface area contributed by atoms with Gasteiger partial charge in [-0.2, -0.15) is 5.66 Å². The predicted molar refractivity (Wildman–Crippen MR) is 77.8 cm³/mol. The van der Waals surface area contributed by atoms with E-state index >= 15 is 0 Å². The molecule has 0 aliphatic heterocycles. The largest absolute Gasteiger partial charge is 1.00 e. The number of benzene rings is 1. The van der Waals surface area contributed by atoms with Gasteiger partial charge in [-0.1, -0.05) is 25.7 Å². The Bertz CT molecular complexity index is 445. The minimum atomic E-state index is 0. The molecule has 2 rings (SSSR count). The van der Waals surface area contributed by atoms with Gasteiger partial charge in [-0.15, -0.1) is 0 Å². The Kier molecular flexibility index (Phi) is 7.10. The minimum absolute atomic E-state index is 0. The van der Waals surface area contributed by atoms with Crippen molar-refractivity contribution < 1.29 is 33.1 Å². The van der Waals surface area contributed by atoms with Crippen LogP contribution in [0.25, 0.3) is 0 Å². The van der Waals surface area contributed by atoms with E-state index in [0.29, 0.717) is 22.7 Å². The van der Waals surface area contributed by atoms with Gasteiger partial charge in [0.1, 0.15) is 11.5 Å². The van der Waals surface area contributed by atoms with Crippen LogP contribution in [0.3, 0.4) is 0 Å². The molecule has 0 amide bonds. The SMILES string of the molecule is COc1cc(C)cc(OC)c1C(=O)[P-]C1CCCC1.[Li+]. The van der Waals surface area contributed by atoms with Gasteiger partial charge in [0.15, 0.2) is 0 Å². The molecule has 20 heavy (non-hydrogen) atoms. The quantitative estimate of drug-likeness (QED) is 0.599. The minimum Gasteiger partial charge on any atom is -0.496 e. The molecule has 0 unspecified atom stereocenters. The molecule has 0 bridgehead atoms. The molecule has 5 heteroatoms. The monoisotopic (exact) mass is 286 g/mol. The molecule has 1 aliphatic carbocycles. The van der Waals surface area contributed by atoms with Crippen molar-refractivity contribution in [2.75, 3.05) is 14.2 Å². The van der Waals surface area contributed by atoms with Crippen LogP contribution in [0.2, 0.25) is 0 Å². The number of carbonyl (C=O) groups excluding carboxylic acids is 1. The van der Waals surface area contributed by atoms with Crippen LogP contribution < -0.4 is 28.3 Å². The maximum Gasteiger partial charge on any atom is 1.00 e. The molecule has 3 nitrogen and oxygen atoms in total. The molecule has 1 fully saturated rings. The third kappa shape index (κ3) is 4.01. The van der Waals surface area contributed by atoms with Crippen LogP contribution in [-0.2, 0) is 0 Å². The normalized spacial score (nSPS) is 15.3. The third-order valence-corrected chi connectivity index (χ3v) is 4.83. The van der Waals surface area contributed by atoms with E-state index in [1.54, 1.807) is 14.2 Å². The zero-order chi connectivity index (χ0) is 13.8. The number of ether oxygens (including phenoxy) is 2. The van der Waals surface area contributed by atoms with E-state index in [-0.39, 0.29) is 24.4 Å². The van der Waals surface area contributed by atoms with Crippen molar-refractivity contribution in [3.05, 3.63) is 23.3 Å². The van der Waals surface area contributed by atoms with Crippen LogP contribution in [0.1, 0.15) is 41.6 Å². The summed E-state index contributed by atoms with van der Waals surface area (Å²) in [6.07, 6.45) is 4.80. The summed E-state index contributed by atoms with van der Waals surface area (Å²) in [5.41, 5.74) is 2.23. The van der Waals surface area contributed by atoms with Gasteiger partial charge in [0.05, 0.1) is 19.8 Å². The molecular formula is C15H20LiO3P. The summed E-state index contributed by atoms with van der Waals surface area (Å²) in [5, 5.41) is 0. The zero-order valence-corrected chi connectivity index (χ0v) is 13.6. The van der Waals surface area contributed by atoms with Crippen LogP contribution in [-0.4, -0.2) is 25.4 Å². The molecule has 1 aliphatic rings. The Hall–Kier alpha value is -0.483. The summed E-state index contributed by atoms with van der Waals surface area (Å²) in [6.45, 7) is 1.97. The van der Waals surface area contributed by atoms with E-state index < -0.39 is 0 Å². The molecule has 1 aromatic carbocycles. The Labute approximate surface area is 134 Å². The summed E-state index contributed by atoms with van der Waals surface area (Å²) in [6, 6.07) is 3.78. The first-order chi connectivity index (χ1) is 9.15. The average molecular weight is 286 g/mol. The van der Waals surface area contributed by atoms with Crippen molar-refractivity contribution >= 4 is 14.1 Å². The van der Waals surface area contributed by atoms with Gasteiger partial charge in [-0.25, -0.2) is 0 Å². The van der Waals surface area contributed by atoms with Gasteiger partial charge in [0.2, 0.25) is 0 Å². The zero-order valence-electron chi connectivity index (χ0n) is 12.7. The maximum atomic E-state index is 12.5. The average Bonchev–Trinajstić information content (AvgIpc) is 2.90. The Morgan fingerprint density at radius 1 is 1.15 bits per heavy atom. The van der Waals surface area contributed by atoms with Gasteiger partial charge in [0, 0.05) is 5.52 Å². The van der Waals surface area contributed by atoms with Crippen LogP contribution >= 0.6 is 8.58 Å². The van der Waals surface area contributed by atoms with Gasteiger partial charge < -0.3 is 22.8 Å². The second-order valence-corrected chi connectivity index (χ2v) is 6.31. The van der Waals surface area contributed by atoms with Gasteiger partial charge in [0.25, 0.3) is 0 Å². The molecule has 0 N–H and O–H groups in total. The first-order valence-electron chi connectivity index (χ1n) is 6.63. The van der Waals surface area contributed by atoms with E-state index in [9.17, 15) is 4.79 Å². The van der Waals surface area contributed by atoms with Crippen molar-refractivity contribution in [1.29, 1.82) is 0 Å². The van der Waals surface area contributed by atoms with Crippen molar-refractivity contribution in [1.82, 2.24) is 0 Å². The molecule has 0 saturated heterocycles. The molecule has 1 saturated carbocycles. The number of rotatable bonds is 5. The van der Waals surface area contributed by atoms with E-state index in [2.05, 4.69) is 0 Å². The fourth-order valence-electron chi connectivity index (χ4n) is 2.52. The van der Waals surface area contributed by atoms with E-state index in [4.69, 9.17) is 9.47 Å². The standard InChI is InChI=1S/C15H20O3P.Li/c1-10-8-12(17-2)14(13(9-10)18-3)15(16)19-11-6-4-5-7-11;/h8-9,11H,4-7H2,1-3H3;/q-1;+1. The third-order valence-electron chi connectivity index (χ3n) is 3.49. The summed E-state index contributed by atoms with van der Waals surface area (Å²) in [5.74, 6) is 1.24. The summed E-state index contributed by atoms with van der Waals surface area (Å²) >= 11 is 0. The fourth-order valence-corrected chi connectivity index (χ4v) is 3.82. The van der Waals surface area contributed by atoms with Gasteiger partial charge in [-0.05, 0) is 24.6 Å². The first-order valence-corrected chi connectivity index (χ1v) is 7.60. The first kappa shape index (κ1) is 17.6. The van der Waals surface area contributed by atoms with Crippen LogP contribution in [0.4, 0.5) is 0 Å². The Balaban J connectivity index is 0.00000200. The second kappa shape index (κ2) is 8.08. The molecule has 0 spiro atoms. The summed E-state index contributed by atoms with van der Waals surface area (Å²) < 4.78 is 10.7. The molecular weight excluding hydrogens is 266 g/mol. The van der Waals surface area contributed by atoms with Crippen molar-refractivity contribution in [3.63, 3.8) is 0 Å². The predicted octanol–water partition coefficient (Wildman–Crippen LogP) is 1.05. The van der Waals surface area contributed by atoms with Gasteiger partial charge in [-0.3, -0.25) is 0 Å². The van der Waals surface area contributed by atoms with Crippen molar-refractivity contribution in [2.45, 2.75) is 38.3 Å². The van der Waals surface area contributed by atoms with Crippen molar-refractivity contribution in [2.24, 2.45) is 0 Å². The summed E-state index contributed by atoms with van der Waals surface area (Å²) in [7, 11) is 4.07. The summed E-state index contributed by atoms with van der Waals surface area (Å²) in [4.78, 5) is 12.5. The smallest absolute Gasteiger partial charge is 0.496 e. The molecule has 0 aromatic heterocycles. The molecule has 104 valence electrons. The Morgan fingerprint density at radius 3 is 2.10 bits per heavy atom. The maximum absolute atomic E-state index is 12.5. The van der Waals surface area contributed by atoms with Gasteiger partial charge >= 0.3 is 18.9 Å². The van der Waals surface area contributed by atoms with E-state index in [1.807, 2.05) is 19.1 Å². The van der Waals surface area contributed by atoms with Crippen molar-refractivity contribution in [3.8, 4) is 11.5 Å². The number of hydrogen-bond donors (Lipinski definition) is 0. The fraction of sp³-hybridized carbons (Fsp3) is 0.533. The molecule has 0 atom stereocenters. The number of methoxy groups -OCH3 is 2. The van der Waals surface area contributed by atoms with Crippen LogP contribution in [0, 0.1) is 6.92 Å².